The van der Waals surface area contributed by atoms with Crippen molar-refractivity contribution in [3.8, 4) is 0 Å². The van der Waals surface area contributed by atoms with Gasteiger partial charge in [0.15, 0.2) is 0 Å². The summed E-state index contributed by atoms with van der Waals surface area (Å²) < 4.78 is 68.2. The van der Waals surface area contributed by atoms with Crippen molar-refractivity contribution >= 4 is 38.2 Å². The van der Waals surface area contributed by atoms with Crippen LogP contribution in [-0.4, -0.2) is 107 Å². The van der Waals surface area contributed by atoms with Gasteiger partial charge in [-0.25, -0.2) is 0 Å². The molecule has 0 spiro atoms. The third kappa shape index (κ3) is 251000. The van der Waals surface area contributed by atoms with Gasteiger partial charge in [-0.1, -0.05) is 0 Å². The van der Waals surface area contributed by atoms with Crippen LogP contribution in [0.2, 0.25) is 0 Å². The molecule has 0 saturated heterocycles. The average Bonchev–Trinajstić information content (AvgIpc) is 1.12. The molecule has 22 heteroatoms. The molecule has 0 fully saturated rings. The molecule has 19 nitrogen and oxygen atoms in total. The van der Waals surface area contributed by atoms with Gasteiger partial charge in [-0.15, -0.1) is 0 Å². The van der Waals surface area contributed by atoms with Crippen molar-refractivity contribution in [1.82, 2.24) is 6.15 Å². The Bertz CT molecular complexity index is 217. The first-order valence-corrected chi connectivity index (χ1v) is 4.00. The van der Waals surface area contributed by atoms with Gasteiger partial charge in [-0.2, -0.15) is 0 Å². The van der Waals surface area contributed by atoms with E-state index >= 15 is 0 Å². The Morgan fingerprint density at radius 1 is 0.409 bits per heavy atom. The summed E-state index contributed by atoms with van der Waals surface area (Å²) in [5.74, 6) is 0. The Balaban J connectivity index is -0.00000000314. The van der Waals surface area contributed by atoms with Crippen molar-refractivity contribution in [2.45, 2.75) is 0 Å². The van der Waals surface area contributed by atoms with E-state index in [1.807, 2.05) is 0 Å². The van der Waals surface area contributed by atoms with E-state index in [-0.39, 0.29) is 78.3 Å². The topological polar surface area (TPSA) is 512 Å². The predicted octanol–water partition coefficient (Wildman–Crippen LogP) is -10.9. The molecule has 0 heterocycles. The molecular formula is H24AlNO18S2. The third-order valence-corrected chi connectivity index (χ3v) is 0. The standard InChI is InChI=1S/Al.H3N.2H2O4S.10H2O/c;;2*1-5(2,3)4;;;;;;;;;;/h;1H3;2*(H2,1,2,3,4);10*1H2/q+3;;;;;;;;;;;;;/p-3. The molecule has 22 heavy (non-hydrogen) atoms. The molecule has 0 rings (SSSR count). The van der Waals surface area contributed by atoms with Gasteiger partial charge in [0.25, 0.3) is 0 Å². The molecule has 0 aliphatic rings. The fourth-order valence-corrected chi connectivity index (χ4v) is 0. The van der Waals surface area contributed by atoms with Crippen molar-refractivity contribution in [3.63, 3.8) is 0 Å². The Kier molecular flexibility index (Phi) is 411. The van der Waals surface area contributed by atoms with Crippen molar-refractivity contribution in [1.29, 1.82) is 0 Å². The van der Waals surface area contributed by atoms with Crippen molar-refractivity contribution in [3.05, 3.63) is 0 Å². The van der Waals surface area contributed by atoms with E-state index in [1.54, 1.807) is 0 Å². The summed E-state index contributed by atoms with van der Waals surface area (Å²) in [6.07, 6.45) is 0. The Morgan fingerprint density at radius 3 is 0.409 bits per heavy atom. The summed E-state index contributed by atoms with van der Waals surface area (Å²) in [6.45, 7) is 0. The summed E-state index contributed by atoms with van der Waals surface area (Å²) in [6, 6.07) is 0. The van der Waals surface area contributed by atoms with E-state index < -0.39 is 20.8 Å². The van der Waals surface area contributed by atoms with E-state index in [9.17, 15) is 0 Å². The molecule has 0 bridgehead atoms. The molecule has 0 unspecified atom stereocenters. The Morgan fingerprint density at radius 2 is 0.409 bits per heavy atom. The number of quaternary nitrogens is 1. The Hall–Kier alpha value is -0.168. The van der Waals surface area contributed by atoms with Crippen molar-refractivity contribution in [2.75, 3.05) is 0 Å². The molecule has 0 amide bonds. The normalized spacial score (nSPS) is 5.27. The van der Waals surface area contributed by atoms with Gasteiger partial charge in [0.05, 0.1) is 0 Å². The molecule has 0 aromatic rings. The monoisotopic (exact) mass is 417 g/mol. The van der Waals surface area contributed by atoms with Gasteiger partial charge in [-0.3, -0.25) is 16.8 Å². The molecule has 0 aromatic carbocycles. The molecule has 0 aromatic heterocycles. The van der Waals surface area contributed by atoms with Crippen LogP contribution < -0.4 is 6.15 Å². The average molecular weight is 417 g/mol. The van der Waals surface area contributed by atoms with E-state index in [1.165, 1.54) is 0 Å². The van der Waals surface area contributed by atoms with Crippen LogP contribution in [0.15, 0.2) is 0 Å². The van der Waals surface area contributed by atoms with Crippen LogP contribution in [0.5, 0.6) is 0 Å². The first-order chi connectivity index (χ1) is 4.00. The number of hydrogen-bond donors (Lipinski definition) is 1. The SMILES string of the molecule is O.O.O.O.O.O.O.O.O.O.O=S(=O)([O-])[O-].O=S(=O)([O-])[O-].[Al+3].[NH4+]. The van der Waals surface area contributed by atoms with Crippen molar-refractivity contribution < 1.29 is 89.8 Å². The van der Waals surface area contributed by atoms with Gasteiger partial charge >= 0.3 is 17.4 Å². The van der Waals surface area contributed by atoms with E-state index in [0.29, 0.717) is 0 Å². The maximum Gasteiger partial charge on any atom is 3.00 e. The molecule has 152 valence electrons. The minimum atomic E-state index is -5.17. The molecule has 0 aliphatic carbocycles. The predicted molar refractivity (Wildman–Crippen MR) is 68.8 cm³/mol. The smallest absolute Gasteiger partial charge is 0.759 e. The van der Waals surface area contributed by atoms with Crippen LogP contribution >= 0.6 is 0 Å². The Labute approximate surface area is 134 Å². The fourth-order valence-electron chi connectivity index (χ4n) is 0. The maximum absolute atomic E-state index is 8.52. The summed E-state index contributed by atoms with van der Waals surface area (Å²) in [7, 11) is -10.3. The quantitative estimate of drug-likeness (QED) is 0.223. The molecular weight excluding hydrogens is 393 g/mol. The van der Waals surface area contributed by atoms with Gasteiger partial charge in [-0.05, 0) is 0 Å². The van der Waals surface area contributed by atoms with Gasteiger partial charge in [0.2, 0.25) is 0 Å². The van der Waals surface area contributed by atoms with E-state index in [4.69, 9.17) is 35.0 Å². The number of rotatable bonds is 0. The zero-order chi connectivity index (χ0) is 9.00. The van der Waals surface area contributed by atoms with Crippen LogP contribution in [0, 0.1) is 0 Å². The van der Waals surface area contributed by atoms with E-state index in [0.717, 1.165) is 0 Å². The fraction of sp³-hybridized carbons (Fsp3) is 0. The van der Waals surface area contributed by atoms with Crippen LogP contribution in [-0.2, 0) is 20.8 Å². The third-order valence-electron chi connectivity index (χ3n) is 0. The molecule has 0 saturated carbocycles. The zero-order valence-corrected chi connectivity index (χ0v) is 13.4. The second-order valence-corrected chi connectivity index (χ2v) is 2.45. The molecule has 0 radical (unpaired) electrons. The minimum Gasteiger partial charge on any atom is -0.759 e. The summed E-state index contributed by atoms with van der Waals surface area (Å²) in [5.41, 5.74) is 0. The summed E-state index contributed by atoms with van der Waals surface area (Å²) in [4.78, 5) is 0. The second kappa shape index (κ2) is 58.5. The van der Waals surface area contributed by atoms with Crippen LogP contribution in [0.3, 0.4) is 0 Å². The maximum atomic E-state index is 8.52. The second-order valence-electron chi connectivity index (χ2n) is 0.816. The number of hydrogen-bond acceptors (Lipinski definition) is 8. The van der Waals surface area contributed by atoms with E-state index in [2.05, 4.69) is 0 Å². The van der Waals surface area contributed by atoms with Gasteiger partial charge < -0.3 is 79.1 Å². The minimum absolute atomic E-state index is 0. The first-order valence-electron chi connectivity index (χ1n) is 1.33. The van der Waals surface area contributed by atoms with Crippen LogP contribution in [0.25, 0.3) is 0 Å². The van der Waals surface area contributed by atoms with Crippen LogP contribution in [0.1, 0.15) is 0 Å². The van der Waals surface area contributed by atoms with Gasteiger partial charge in [0.1, 0.15) is 0 Å². The molecule has 0 aliphatic heterocycles. The summed E-state index contributed by atoms with van der Waals surface area (Å²) in [5, 5.41) is 0. The molecule has 0 atom stereocenters. The van der Waals surface area contributed by atoms with Crippen molar-refractivity contribution in [2.24, 2.45) is 0 Å². The zero-order valence-electron chi connectivity index (χ0n) is 10.7. The first kappa shape index (κ1) is 154. The van der Waals surface area contributed by atoms with Gasteiger partial charge in [0, 0.05) is 20.8 Å². The largest absolute Gasteiger partial charge is 3.00 e. The molecule has 24 N–H and O–H groups in total. The summed E-state index contributed by atoms with van der Waals surface area (Å²) >= 11 is 0. The van der Waals surface area contributed by atoms with Crippen LogP contribution in [0.4, 0.5) is 0 Å².